The highest BCUT2D eigenvalue weighted by Crippen LogP contribution is 2.16. The first-order chi connectivity index (χ1) is 7.24. The zero-order valence-electron chi connectivity index (χ0n) is 8.62. The third kappa shape index (κ3) is 2.49. The maximum Gasteiger partial charge on any atom is 0.0922 e. The quantitative estimate of drug-likeness (QED) is 0.666. The van der Waals surface area contributed by atoms with Crippen molar-refractivity contribution in [1.82, 2.24) is 9.97 Å². The number of rotatable bonds is 3. The summed E-state index contributed by atoms with van der Waals surface area (Å²) in [4.78, 5) is 6.98. The molecule has 1 heterocycles. The van der Waals surface area contributed by atoms with Crippen LogP contribution in [0.3, 0.4) is 0 Å². The van der Waals surface area contributed by atoms with Crippen LogP contribution in [0.1, 0.15) is 11.3 Å². The minimum atomic E-state index is 0.725. The molecule has 0 aliphatic carbocycles. The van der Waals surface area contributed by atoms with Gasteiger partial charge in [-0.15, -0.1) is 0 Å². The van der Waals surface area contributed by atoms with Crippen LogP contribution in [-0.4, -0.2) is 9.97 Å². The average molecular weight is 202 g/mol. The molecule has 0 unspecified atom stereocenters. The predicted octanol–water partition coefficient (Wildman–Crippen LogP) is 1.91. The largest absolute Gasteiger partial charge is 0.399 e. The van der Waals surface area contributed by atoms with Crippen molar-refractivity contribution in [2.24, 2.45) is 0 Å². The zero-order chi connectivity index (χ0) is 10.7. The van der Waals surface area contributed by atoms with Crippen LogP contribution in [0, 0.1) is 6.92 Å². The van der Waals surface area contributed by atoms with Crippen molar-refractivity contribution in [3.05, 3.63) is 42.0 Å². The summed E-state index contributed by atoms with van der Waals surface area (Å²) in [7, 11) is 0. The van der Waals surface area contributed by atoms with Gasteiger partial charge in [-0.25, -0.2) is 4.98 Å². The Bertz CT molecular complexity index is 414. The monoisotopic (exact) mass is 202 g/mol. The number of aryl methyl sites for hydroxylation is 1. The van der Waals surface area contributed by atoms with Crippen LogP contribution in [0.4, 0.5) is 11.4 Å². The number of hydrogen-bond acceptors (Lipinski definition) is 3. The third-order valence-corrected chi connectivity index (χ3v) is 2.14. The second-order valence-electron chi connectivity index (χ2n) is 3.56. The maximum atomic E-state index is 5.75. The molecule has 15 heavy (non-hydrogen) atoms. The van der Waals surface area contributed by atoms with Crippen LogP contribution < -0.4 is 11.1 Å². The molecule has 4 heteroatoms. The number of aromatic amines is 1. The van der Waals surface area contributed by atoms with Crippen molar-refractivity contribution in [2.75, 3.05) is 11.1 Å². The van der Waals surface area contributed by atoms with Gasteiger partial charge in [0.15, 0.2) is 0 Å². The van der Waals surface area contributed by atoms with Gasteiger partial charge in [-0.2, -0.15) is 0 Å². The smallest absolute Gasteiger partial charge is 0.0922 e. The molecule has 78 valence electrons. The Morgan fingerprint density at radius 3 is 2.93 bits per heavy atom. The van der Waals surface area contributed by atoms with Crippen LogP contribution in [0.15, 0.2) is 30.7 Å². The summed E-state index contributed by atoms with van der Waals surface area (Å²) in [5.41, 5.74) is 9.76. The molecule has 0 saturated carbocycles. The summed E-state index contributed by atoms with van der Waals surface area (Å²) in [6.07, 6.45) is 3.47. The first-order valence-electron chi connectivity index (χ1n) is 4.82. The topological polar surface area (TPSA) is 66.7 Å². The van der Waals surface area contributed by atoms with Crippen molar-refractivity contribution in [1.29, 1.82) is 0 Å². The average Bonchev–Trinajstić information content (AvgIpc) is 2.65. The van der Waals surface area contributed by atoms with Crippen molar-refractivity contribution in [3.8, 4) is 0 Å². The molecule has 0 bridgehead atoms. The second kappa shape index (κ2) is 4.04. The Morgan fingerprint density at radius 1 is 1.40 bits per heavy atom. The van der Waals surface area contributed by atoms with Crippen LogP contribution in [0.2, 0.25) is 0 Å². The molecule has 0 atom stereocenters. The van der Waals surface area contributed by atoms with Crippen LogP contribution in [0.5, 0.6) is 0 Å². The van der Waals surface area contributed by atoms with E-state index >= 15 is 0 Å². The van der Waals surface area contributed by atoms with E-state index in [9.17, 15) is 0 Å². The number of nitrogens with two attached hydrogens (primary N) is 1. The molecule has 4 nitrogen and oxygen atoms in total. The molecule has 2 aromatic rings. The molecule has 0 spiro atoms. The highest BCUT2D eigenvalue weighted by molar-refractivity contribution is 5.56. The van der Waals surface area contributed by atoms with E-state index in [0.717, 1.165) is 29.2 Å². The number of nitrogens with zero attached hydrogens (tertiary/aromatic N) is 1. The van der Waals surface area contributed by atoms with E-state index in [2.05, 4.69) is 21.4 Å². The number of nitrogens with one attached hydrogen (secondary N) is 2. The van der Waals surface area contributed by atoms with Gasteiger partial charge < -0.3 is 16.0 Å². The van der Waals surface area contributed by atoms with Crippen molar-refractivity contribution >= 4 is 11.4 Å². The fraction of sp³-hybridized carbons (Fsp3) is 0.182. The molecule has 0 amide bonds. The number of H-pyrrole nitrogens is 1. The highest BCUT2D eigenvalue weighted by Gasteiger charge is 1.97. The molecule has 0 saturated heterocycles. The van der Waals surface area contributed by atoms with E-state index < -0.39 is 0 Å². The zero-order valence-corrected chi connectivity index (χ0v) is 8.62. The predicted molar refractivity (Wildman–Crippen MR) is 61.5 cm³/mol. The third-order valence-electron chi connectivity index (χ3n) is 2.14. The number of imidazole rings is 1. The summed E-state index contributed by atoms with van der Waals surface area (Å²) < 4.78 is 0. The van der Waals surface area contributed by atoms with Gasteiger partial charge in [0, 0.05) is 17.6 Å². The molecule has 1 aromatic heterocycles. The minimum absolute atomic E-state index is 0.725. The van der Waals surface area contributed by atoms with Gasteiger partial charge in [0.2, 0.25) is 0 Å². The lowest BCUT2D eigenvalue weighted by Gasteiger charge is -2.07. The Labute approximate surface area is 88.5 Å². The van der Waals surface area contributed by atoms with Gasteiger partial charge in [-0.3, -0.25) is 0 Å². The van der Waals surface area contributed by atoms with Gasteiger partial charge in [-0.05, 0) is 30.7 Å². The van der Waals surface area contributed by atoms with E-state index in [4.69, 9.17) is 5.73 Å². The summed E-state index contributed by atoms with van der Waals surface area (Å²) in [5, 5.41) is 3.28. The standard InChI is InChI=1S/C11H14N4/c1-8-2-9(12)4-10(3-8)14-6-11-5-13-7-15-11/h2-5,7,14H,6,12H2,1H3,(H,13,15). The fourth-order valence-corrected chi connectivity index (χ4v) is 1.49. The lowest BCUT2D eigenvalue weighted by atomic mass is 10.2. The number of aromatic nitrogens is 2. The van der Waals surface area contributed by atoms with Gasteiger partial charge in [0.25, 0.3) is 0 Å². The van der Waals surface area contributed by atoms with E-state index in [1.165, 1.54) is 0 Å². The summed E-state index contributed by atoms with van der Waals surface area (Å²) in [6, 6.07) is 5.93. The molecule has 0 aliphatic rings. The lowest BCUT2D eigenvalue weighted by molar-refractivity contribution is 1.07. The van der Waals surface area contributed by atoms with Gasteiger partial charge in [0.1, 0.15) is 0 Å². The molecule has 4 N–H and O–H groups in total. The fourth-order valence-electron chi connectivity index (χ4n) is 1.49. The normalized spacial score (nSPS) is 10.2. The van der Waals surface area contributed by atoms with Crippen LogP contribution >= 0.6 is 0 Å². The molecule has 0 aliphatic heterocycles. The molecule has 0 fully saturated rings. The Kier molecular flexibility index (Phi) is 2.58. The molecule has 0 radical (unpaired) electrons. The van der Waals surface area contributed by atoms with Crippen LogP contribution in [0.25, 0.3) is 0 Å². The molecular formula is C11H14N4. The Hall–Kier alpha value is -1.97. The SMILES string of the molecule is Cc1cc(N)cc(NCc2cnc[nH]2)c1. The second-order valence-corrected chi connectivity index (χ2v) is 3.56. The minimum Gasteiger partial charge on any atom is -0.399 e. The number of hydrogen-bond donors (Lipinski definition) is 3. The van der Waals surface area contributed by atoms with Gasteiger partial charge in [0.05, 0.1) is 18.6 Å². The van der Waals surface area contributed by atoms with E-state index in [0.29, 0.717) is 0 Å². The van der Waals surface area contributed by atoms with Crippen LogP contribution in [-0.2, 0) is 6.54 Å². The Balaban J connectivity index is 2.05. The Morgan fingerprint density at radius 2 is 2.27 bits per heavy atom. The summed E-state index contributed by atoms with van der Waals surface area (Å²) in [6.45, 7) is 2.75. The molecule has 2 rings (SSSR count). The number of benzene rings is 1. The number of nitrogen functional groups attached to an aromatic ring is 1. The first-order valence-corrected chi connectivity index (χ1v) is 4.82. The van der Waals surface area contributed by atoms with E-state index in [1.54, 1.807) is 12.5 Å². The van der Waals surface area contributed by atoms with Crippen molar-refractivity contribution in [3.63, 3.8) is 0 Å². The molecular weight excluding hydrogens is 188 g/mol. The van der Waals surface area contributed by atoms with Gasteiger partial charge in [-0.1, -0.05) is 0 Å². The van der Waals surface area contributed by atoms with Crippen molar-refractivity contribution < 1.29 is 0 Å². The number of anilines is 2. The lowest BCUT2D eigenvalue weighted by Crippen LogP contribution is -2.00. The first kappa shape index (κ1) is 9.58. The summed E-state index contributed by atoms with van der Waals surface area (Å²) >= 11 is 0. The van der Waals surface area contributed by atoms with Crippen molar-refractivity contribution in [2.45, 2.75) is 13.5 Å². The summed E-state index contributed by atoms with van der Waals surface area (Å²) in [5.74, 6) is 0. The van der Waals surface area contributed by atoms with Gasteiger partial charge >= 0.3 is 0 Å². The highest BCUT2D eigenvalue weighted by atomic mass is 14.9. The maximum absolute atomic E-state index is 5.75. The van der Waals surface area contributed by atoms with E-state index in [1.807, 2.05) is 19.1 Å². The molecule has 1 aromatic carbocycles. The van der Waals surface area contributed by atoms with E-state index in [-0.39, 0.29) is 0 Å².